The van der Waals surface area contributed by atoms with E-state index in [1.165, 1.54) is 6.39 Å². The van der Waals surface area contributed by atoms with E-state index in [1.54, 1.807) is 0 Å². The van der Waals surface area contributed by atoms with Crippen molar-refractivity contribution >= 4 is 0 Å². The molecule has 0 radical (unpaired) electrons. The van der Waals surface area contributed by atoms with Crippen LogP contribution in [0.5, 0.6) is 11.5 Å². The van der Waals surface area contributed by atoms with Gasteiger partial charge in [0, 0.05) is 12.1 Å². The Bertz CT molecular complexity index is 513. The summed E-state index contributed by atoms with van der Waals surface area (Å²) in [4.78, 5) is 3.94. The fourth-order valence-electron chi connectivity index (χ4n) is 1.85. The molecule has 0 atom stereocenters. The van der Waals surface area contributed by atoms with E-state index in [1.807, 2.05) is 18.2 Å². The van der Waals surface area contributed by atoms with Crippen molar-refractivity contribution in [1.82, 2.24) is 15.5 Å². The number of para-hydroxylation sites is 1. The second kappa shape index (κ2) is 5.05. The molecule has 2 heterocycles. The molecule has 0 saturated heterocycles. The number of nitrogens with one attached hydrogen (secondary N) is 1. The largest absolute Gasteiger partial charge is 0.486 e. The lowest BCUT2D eigenvalue weighted by Gasteiger charge is -2.20. The minimum absolute atomic E-state index is 0.557. The molecule has 0 fully saturated rings. The summed E-state index contributed by atoms with van der Waals surface area (Å²) in [6, 6.07) is 5.88. The molecule has 1 N–H and O–H groups in total. The van der Waals surface area contributed by atoms with Crippen molar-refractivity contribution in [3.05, 3.63) is 36.0 Å². The monoisotopic (exact) mass is 247 g/mol. The van der Waals surface area contributed by atoms with Crippen molar-refractivity contribution in [3.63, 3.8) is 0 Å². The molecule has 0 aliphatic carbocycles. The highest BCUT2D eigenvalue weighted by Gasteiger charge is 2.15. The van der Waals surface area contributed by atoms with Crippen molar-refractivity contribution in [2.24, 2.45) is 0 Å². The molecule has 1 aromatic carbocycles. The van der Waals surface area contributed by atoms with E-state index >= 15 is 0 Å². The fourth-order valence-corrected chi connectivity index (χ4v) is 1.85. The summed E-state index contributed by atoms with van der Waals surface area (Å²) in [7, 11) is 0. The first-order valence-corrected chi connectivity index (χ1v) is 5.77. The summed E-state index contributed by atoms with van der Waals surface area (Å²) < 4.78 is 15.8. The van der Waals surface area contributed by atoms with Gasteiger partial charge in [0.15, 0.2) is 17.3 Å². The van der Waals surface area contributed by atoms with Crippen molar-refractivity contribution in [3.8, 4) is 11.5 Å². The zero-order valence-corrected chi connectivity index (χ0v) is 9.76. The van der Waals surface area contributed by atoms with Crippen LogP contribution in [0.2, 0.25) is 0 Å². The predicted octanol–water partition coefficient (Wildman–Crippen LogP) is 1.13. The summed E-state index contributed by atoms with van der Waals surface area (Å²) >= 11 is 0. The van der Waals surface area contributed by atoms with Gasteiger partial charge in [-0.25, -0.2) is 0 Å². The molecule has 1 aliphatic heterocycles. The van der Waals surface area contributed by atoms with Gasteiger partial charge < -0.3 is 19.3 Å². The van der Waals surface area contributed by atoms with E-state index in [-0.39, 0.29) is 0 Å². The average Bonchev–Trinajstić information content (AvgIpc) is 2.92. The van der Waals surface area contributed by atoms with Gasteiger partial charge in [0.1, 0.15) is 13.2 Å². The maximum atomic E-state index is 5.63. The van der Waals surface area contributed by atoms with Crippen molar-refractivity contribution in [2.75, 3.05) is 13.2 Å². The van der Waals surface area contributed by atoms with Crippen LogP contribution in [0, 0.1) is 0 Å². The Kier molecular flexibility index (Phi) is 3.10. The van der Waals surface area contributed by atoms with Crippen molar-refractivity contribution < 1.29 is 14.0 Å². The number of nitrogens with zero attached hydrogens (tertiary/aromatic N) is 2. The van der Waals surface area contributed by atoms with Crippen molar-refractivity contribution in [2.45, 2.75) is 13.1 Å². The second-order valence-electron chi connectivity index (χ2n) is 3.89. The smallest absolute Gasteiger partial charge is 0.213 e. The molecular formula is C12H13N3O3. The van der Waals surface area contributed by atoms with E-state index in [9.17, 15) is 0 Å². The van der Waals surface area contributed by atoms with Gasteiger partial charge in [-0.3, -0.25) is 0 Å². The van der Waals surface area contributed by atoms with Crippen LogP contribution in [0.25, 0.3) is 0 Å². The van der Waals surface area contributed by atoms with E-state index in [2.05, 4.69) is 20.0 Å². The van der Waals surface area contributed by atoms with Crippen molar-refractivity contribution in [1.29, 1.82) is 0 Å². The van der Waals surface area contributed by atoms with E-state index < -0.39 is 0 Å². The van der Waals surface area contributed by atoms with Gasteiger partial charge >= 0.3 is 0 Å². The summed E-state index contributed by atoms with van der Waals surface area (Å²) in [5.41, 5.74) is 1.07. The van der Waals surface area contributed by atoms with Crippen LogP contribution in [0.15, 0.2) is 29.1 Å². The Labute approximate surface area is 104 Å². The van der Waals surface area contributed by atoms with Gasteiger partial charge in [-0.1, -0.05) is 17.3 Å². The normalized spacial score (nSPS) is 13.6. The molecule has 0 amide bonds. The zero-order chi connectivity index (χ0) is 12.2. The minimum atomic E-state index is 0.557. The standard InChI is InChI=1S/C12H13N3O3/c1-2-9(6-13-7-11-14-8-18-15-11)12-10(3-1)16-4-5-17-12/h1-3,8,13H,4-7H2. The summed E-state index contributed by atoms with van der Waals surface area (Å²) in [5.74, 6) is 2.27. The molecule has 6 heteroatoms. The molecule has 1 aromatic heterocycles. The molecule has 3 rings (SSSR count). The lowest BCUT2D eigenvalue weighted by atomic mass is 10.1. The highest BCUT2D eigenvalue weighted by atomic mass is 16.6. The number of aromatic nitrogens is 2. The lowest BCUT2D eigenvalue weighted by Crippen LogP contribution is -2.19. The Morgan fingerprint density at radius 1 is 1.17 bits per heavy atom. The van der Waals surface area contributed by atoms with E-state index in [0.29, 0.717) is 32.1 Å². The van der Waals surface area contributed by atoms with E-state index in [4.69, 9.17) is 9.47 Å². The fraction of sp³-hybridized carbons (Fsp3) is 0.333. The molecule has 2 aromatic rings. The van der Waals surface area contributed by atoms with Crippen LogP contribution in [-0.2, 0) is 13.1 Å². The van der Waals surface area contributed by atoms with Gasteiger partial charge in [-0.2, -0.15) is 4.98 Å². The topological polar surface area (TPSA) is 69.4 Å². The van der Waals surface area contributed by atoms with Gasteiger partial charge in [0.25, 0.3) is 0 Å². The molecule has 94 valence electrons. The molecule has 18 heavy (non-hydrogen) atoms. The Morgan fingerprint density at radius 3 is 3.00 bits per heavy atom. The van der Waals surface area contributed by atoms with Crippen LogP contribution >= 0.6 is 0 Å². The van der Waals surface area contributed by atoms with Gasteiger partial charge in [-0.05, 0) is 6.07 Å². The maximum Gasteiger partial charge on any atom is 0.213 e. The minimum Gasteiger partial charge on any atom is -0.486 e. The number of rotatable bonds is 4. The number of fused-ring (bicyclic) bond motifs is 1. The van der Waals surface area contributed by atoms with Gasteiger partial charge in [-0.15, -0.1) is 0 Å². The third-order valence-electron chi connectivity index (χ3n) is 2.65. The second-order valence-corrected chi connectivity index (χ2v) is 3.89. The lowest BCUT2D eigenvalue weighted by molar-refractivity contribution is 0.169. The quantitative estimate of drug-likeness (QED) is 0.873. The van der Waals surface area contributed by atoms with Crippen LogP contribution in [0.4, 0.5) is 0 Å². The summed E-state index contributed by atoms with van der Waals surface area (Å²) in [5, 5.41) is 6.96. The number of hydrogen-bond acceptors (Lipinski definition) is 6. The molecule has 0 bridgehead atoms. The number of ether oxygens (including phenoxy) is 2. The Balaban J connectivity index is 1.65. The maximum absolute atomic E-state index is 5.63. The molecular weight excluding hydrogens is 234 g/mol. The molecule has 1 aliphatic rings. The first-order valence-electron chi connectivity index (χ1n) is 5.77. The number of hydrogen-bond donors (Lipinski definition) is 1. The van der Waals surface area contributed by atoms with Gasteiger partial charge in [0.05, 0.1) is 6.54 Å². The molecule has 0 spiro atoms. The van der Waals surface area contributed by atoms with Crippen LogP contribution in [0.1, 0.15) is 11.4 Å². The third kappa shape index (κ3) is 2.28. The van der Waals surface area contributed by atoms with Crippen LogP contribution in [0.3, 0.4) is 0 Å². The first-order chi connectivity index (χ1) is 8.93. The van der Waals surface area contributed by atoms with Crippen LogP contribution in [-0.4, -0.2) is 23.4 Å². The molecule has 6 nitrogen and oxygen atoms in total. The molecule has 0 unspecified atom stereocenters. The zero-order valence-electron chi connectivity index (χ0n) is 9.76. The highest BCUT2D eigenvalue weighted by molar-refractivity contribution is 5.47. The first kappa shape index (κ1) is 11.0. The van der Waals surface area contributed by atoms with Gasteiger partial charge in [0.2, 0.25) is 6.39 Å². The Morgan fingerprint density at radius 2 is 2.11 bits per heavy atom. The summed E-state index contributed by atoms with van der Waals surface area (Å²) in [6.45, 7) is 2.42. The highest BCUT2D eigenvalue weighted by Crippen LogP contribution is 2.33. The Hall–Kier alpha value is -2.08. The SMILES string of the molecule is c1cc(CNCc2ncon2)c2c(c1)OCCO2. The van der Waals surface area contributed by atoms with E-state index in [0.717, 1.165) is 17.1 Å². The average molecular weight is 247 g/mol. The molecule has 0 saturated carbocycles. The number of benzene rings is 1. The summed E-state index contributed by atoms with van der Waals surface area (Å²) in [6.07, 6.45) is 1.32. The van der Waals surface area contributed by atoms with Crippen LogP contribution < -0.4 is 14.8 Å². The third-order valence-corrected chi connectivity index (χ3v) is 2.65. The predicted molar refractivity (Wildman–Crippen MR) is 62.3 cm³/mol.